The van der Waals surface area contributed by atoms with E-state index in [-0.39, 0.29) is 35.3 Å². The first kappa shape index (κ1) is 25.0. The van der Waals surface area contributed by atoms with Gasteiger partial charge in [0.15, 0.2) is 23.2 Å². The molecule has 0 N–H and O–H groups in total. The highest BCUT2D eigenvalue weighted by molar-refractivity contribution is 5.51. The van der Waals surface area contributed by atoms with E-state index < -0.39 is 29.0 Å². The van der Waals surface area contributed by atoms with Gasteiger partial charge in [-0.25, -0.2) is 13.2 Å². The number of hydrogen-bond donors (Lipinski definition) is 0. The highest BCUT2D eigenvalue weighted by atomic mass is 19.2. The van der Waals surface area contributed by atoms with Crippen LogP contribution in [0.1, 0.15) is 31.4 Å². The number of rotatable bonds is 11. The molecular weight excluding hydrogens is 392 g/mol. The van der Waals surface area contributed by atoms with Gasteiger partial charge in [-0.2, -0.15) is 4.39 Å². The second-order valence-corrected chi connectivity index (χ2v) is 6.42. The van der Waals surface area contributed by atoms with Crippen LogP contribution in [0.2, 0.25) is 0 Å². The van der Waals surface area contributed by atoms with Gasteiger partial charge in [-0.15, -0.1) is 0 Å². The number of hydrogen-bond acceptors (Lipinski definition) is 1. The molecule has 0 unspecified atom stereocenters. The van der Waals surface area contributed by atoms with E-state index in [1.54, 1.807) is 26.0 Å². The van der Waals surface area contributed by atoms with Gasteiger partial charge in [-0.3, -0.25) is 0 Å². The summed E-state index contributed by atoms with van der Waals surface area (Å²) in [6.07, 6.45) is 6.64. The molecule has 1 rings (SSSR count). The van der Waals surface area contributed by atoms with E-state index in [0.717, 1.165) is 0 Å². The van der Waals surface area contributed by atoms with E-state index in [0.29, 0.717) is 12.0 Å². The van der Waals surface area contributed by atoms with Crippen molar-refractivity contribution in [1.82, 2.24) is 0 Å². The van der Waals surface area contributed by atoms with E-state index in [2.05, 4.69) is 26.3 Å². The Balaban J connectivity index is 2.76. The first-order valence-electron chi connectivity index (χ1n) is 9.35. The average Bonchev–Trinajstić information content (AvgIpc) is 2.73. The molecule has 0 atom stereocenters. The smallest absolute Gasteiger partial charge is 0.200 e. The van der Waals surface area contributed by atoms with E-state index >= 15 is 0 Å². The minimum Gasteiger partial charge on any atom is -0.491 e. The van der Waals surface area contributed by atoms with Crippen molar-refractivity contribution in [3.63, 3.8) is 0 Å². The summed E-state index contributed by atoms with van der Waals surface area (Å²) in [5.74, 6) is -4.67. The lowest BCUT2D eigenvalue weighted by molar-refractivity contribution is 0.224. The molecule has 0 saturated carbocycles. The molecule has 160 valence electrons. The van der Waals surface area contributed by atoms with Gasteiger partial charge >= 0.3 is 0 Å². The van der Waals surface area contributed by atoms with Crippen LogP contribution in [0.15, 0.2) is 90.8 Å². The molecule has 0 saturated heterocycles. The third-order valence-corrected chi connectivity index (χ3v) is 4.18. The minimum atomic E-state index is -1.24. The van der Waals surface area contributed by atoms with Crippen molar-refractivity contribution in [1.29, 1.82) is 0 Å². The first-order valence-corrected chi connectivity index (χ1v) is 9.35. The minimum absolute atomic E-state index is 0.126. The largest absolute Gasteiger partial charge is 0.491 e. The molecule has 0 aliphatic rings. The molecule has 0 radical (unpaired) electrons. The quantitative estimate of drug-likeness (QED) is 0.202. The van der Waals surface area contributed by atoms with Crippen molar-refractivity contribution < 1.29 is 22.3 Å². The number of halogens is 4. The van der Waals surface area contributed by atoms with Crippen molar-refractivity contribution in [2.45, 2.75) is 26.7 Å². The predicted molar refractivity (Wildman–Crippen MR) is 116 cm³/mol. The Morgan fingerprint density at radius 2 is 1.67 bits per heavy atom. The molecule has 5 heteroatoms. The Morgan fingerprint density at radius 3 is 2.27 bits per heavy atom. The van der Waals surface area contributed by atoms with Crippen LogP contribution >= 0.6 is 0 Å². The lowest BCUT2D eigenvalue weighted by Crippen LogP contribution is -1.98. The molecular formula is C25H26F4O. The van der Waals surface area contributed by atoms with Gasteiger partial charge in [0.05, 0.1) is 6.61 Å². The van der Waals surface area contributed by atoms with Crippen LogP contribution in [0.4, 0.5) is 17.6 Å². The van der Waals surface area contributed by atoms with Crippen molar-refractivity contribution in [2.24, 2.45) is 0 Å². The molecule has 0 aliphatic heterocycles. The monoisotopic (exact) mass is 418 g/mol. The summed E-state index contributed by atoms with van der Waals surface area (Å²) in [7, 11) is 0. The molecule has 0 aromatic heterocycles. The Hall–Kier alpha value is -3.08. The lowest BCUT2D eigenvalue weighted by Gasteiger charge is -2.08. The van der Waals surface area contributed by atoms with Crippen molar-refractivity contribution in [2.75, 3.05) is 6.61 Å². The highest BCUT2D eigenvalue weighted by Crippen LogP contribution is 2.27. The maximum Gasteiger partial charge on any atom is 0.200 e. The summed E-state index contributed by atoms with van der Waals surface area (Å²) < 4.78 is 61.0. The fraction of sp³-hybridized carbons (Fsp3) is 0.200. The van der Waals surface area contributed by atoms with Gasteiger partial charge in [-0.05, 0) is 37.8 Å². The maximum atomic E-state index is 14.2. The fourth-order valence-corrected chi connectivity index (χ4v) is 2.44. The highest BCUT2D eigenvalue weighted by Gasteiger charge is 2.15. The SMILES string of the molecule is C=C(/C=C\C(=C)C(=C)/C(F)=C(/F)C(=C)OCC)CCc1ccc(/C=C/C)c(F)c1F. The third kappa shape index (κ3) is 6.76. The first-order chi connectivity index (χ1) is 14.1. The van der Waals surface area contributed by atoms with Crippen LogP contribution in [0.5, 0.6) is 0 Å². The molecule has 0 amide bonds. The van der Waals surface area contributed by atoms with E-state index in [1.807, 2.05) is 0 Å². The zero-order chi connectivity index (χ0) is 22.8. The molecule has 1 nitrogen and oxygen atoms in total. The van der Waals surface area contributed by atoms with E-state index in [4.69, 9.17) is 4.74 Å². The fourth-order valence-electron chi connectivity index (χ4n) is 2.44. The Bertz CT molecular complexity index is 933. The summed E-state index contributed by atoms with van der Waals surface area (Å²) in [6, 6.07) is 3.04. The molecule has 1 aromatic carbocycles. The summed E-state index contributed by atoms with van der Waals surface area (Å²) in [5.41, 5.74) is 0.849. The zero-order valence-corrected chi connectivity index (χ0v) is 17.3. The standard InChI is InChI=1S/C25H26F4O/c1-7-9-20-14-15-21(25(29)24(20)28)13-11-16(3)10-12-17(4)18(5)22(26)23(27)19(6)30-8-2/h7,9-10,12,14-15H,3-6,8,11,13H2,1-2H3/b9-7+,12-10-,23-22-. The summed E-state index contributed by atoms with van der Waals surface area (Å²) >= 11 is 0. The number of benzene rings is 1. The molecule has 0 aliphatic carbocycles. The maximum absolute atomic E-state index is 14.2. The Kier molecular flexibility index (Phi) is 9.82. The second-order valence-electron chi connectivity index (χ2n) is 6.42. The van der Waals surface area contributed by atoms with Gasteiger partial charge in [0.1, 0.15) is 0 Å². The Morgan fingerprint density at radius 1 is 1.00 bits per heavy atom. The zero-order valence-electron chi connectivity index (χ0n) is 17.3. The topological polar surface area (TPSA) is 9.23 Å². The molecule has 0 fully saturated rings. The molecule has 0 bridgehead atoms. The van der Waals surface area contributed by atoms with Crippen LogP contribution in [0, 0.1) is 11.6 Å². The van der Waals surface area contributed by atoms with Crippen LogP contribution in [-0.2, 0) is 11.2 Å². The van der Waals surface area contributed by atoms with E-state index in [1.165, 1.54) is 24.3 Å². The average molecular weight is 418 g/mol. The molecule has 30 heavy (non-hydrogen) atoms. The van der Waals surface area contributed by atoms with Crippen molar-refractivity contribution in [3.8, 4) is 0 Å². The van der Waals surface area contributed by atoms with Crippen LogP contribution in [-0.4, -0.2) is 6.61 Å². The van der Waals surface area contributed by atoms with Crippen molar-refractivity contribution in [3.05, 3.63) is 114 Å². The van der Waals surface area contributed by atoms with Gasteiger partial charge in [0.25, 0.3) is 0 Å². The number of aryl methyl sites for hydroxylation is 1. The van der Waals surface area contributed by atoms with Gasteiger partial charge in [0.2, 0.25) is 5.83 Å². The van der Waals surface area contributed by atoms with Gasteiger partial charge < -0.3 is 4.74 Å². The summed E-state index contributed by atoms with van der Waals surface area (Å²) in [5, 5.41) is 0. The van der Waals surface area contributed by atoms with Gasteiger partial charge in [0, 0.05) is 11.1 Å². The van der Waals surface area contributed by atoms with E-state index in [9.17, 15) is 17.6 Å². The lowest BCUT2D eigenvalue weighted by atomic mass is 10.0. The van der Waals surface area contributed by atoms with Crippen LogP contribution in [0.3, 0.4) is 0 Å². The Labute approximate surface area is 175 Å². The number of ether oxygens (including phenoxy) is 1. The number of allylic oxidation sites excluding steroid dienone is 8. The molecule has 0 spiro atoms. The van der Waals surface area contributed by atoms with Crippen molar-refractivity contribution >= 4 is 6.08 Å². The second kappa shape index (κ2) is 11.8. The summed E-state index contributed by atoms with van der Waals surface area (Å²) in [4.78, 5) is 0. The third-order valence-electron chi connectivity index (χ3n) is 4.18. The van der Waals surface area contributed by atoms with Crippen LogP contribution < -0.4 is 0 Å². The molecule has 1 aromatic rings. The van der Waals surface area contributed by atoms with Gasteiger partial charge in [-0.1, -0.05) is 68.3 Å². The summed E-state index contributed by atoms with van der Waals surface area (Å²) in [6.45, 7) is 17.8. The molecule has 0 heterocycles. The van der Waals surface area contributed by atoms with Crippen LogP contribution in [0.25, 0.3) is 6.08 Å². The predicted octanol–water partition coefficient (Wildman–Crippen LogP) is 7.86. The normalized spacial score (nSPS) is 12.2.